The monoisotopic (exact) mass is 270 g/mol. The molecule has 1 aromatic carbocycles. The van der Waals surface area contributed by atoms with Crippen molar-refractivity contribution in [1.29, 1.82) is 0 Å². The summed E-state index contributed by atoms with van der Waals surface area (Å²) in [6.45, 7) is 0. The summed E-state index contributed by atoms with van der Waals surface area (Å²) >= 11 is 4.76. The van der Waals surface area contributed by atoms with Gasteiger partial charge in [-0.05, 0) is 12.1 Å². The second-order valence-electron chi connectivity index (χ2n) is 2.44. The molecule has 0 aliphatic heterocycles. The van der Waals surface area contributed by atoms with Crippen LogP contribution in [0.4, 0.5) is 5.13 Å². The van der Waals surface area contributed by atoms with Crippen LogP contribution in [0.2, 0.25) is 5.02 Å². The van der Waals surface area contributed by atoms with Gasteiger partial charge in [0.1, 0.15) is 5.52 Å². The zero-order valence-corrected chi connectivity index (χ0v) is 12.1. The van der Waals surface area contributed by atoms with Gasteiger partial charge in [-0.25, -0.2) is 4.98 Å². The standard InChI is InChI=1S/C7H5ClN2O2S2.Na/c8-4-2-1-3-5-6(4)9-7(13-5)10-14(11)12;/h1-3H,(H,9,10)(H,11,12);/p-1. The Morgan fingerprint density at radius 1 is 1.53 bits per heavy atom. The summed E-state index contributed by atoms with van der Waals surface area (Å²) < 4.78 is 23.7. The summed E-state index contributed by atoms with van der Waals surface area (Å²) in [7, 11) is 0. The third-order valence-corrected chi connectivity index (χ3v) is 3.27. The van der Waals surface area contributed by atoms with E-state index >= 15 is 0 Å². The number of nitrogens with zero attached hydrogens (tertiary/aromatic N) is 1. The fraction of sp³-hybridized carbons (Fsp3) is 0. The maximum Gasteiger partial charge on any atom is 0.194 e. The van der Waals surface area contributed by atoms with E-state index in [4.69, 9.17) is 11.6 Å². The second-order valence-corrected chi connectivity index (χ2v) is 4.55. The van der Waals surface area contributed by atoms with Gasteiger partial charge >= 0.3 is 0 Å². The minimum atomic E-state index is -2.35. The van der Waals surface area contributed by atoms with E-state index in [1.165, 1.54) is 11.3 Å². The number of para-hydroxylation sites is 1. The molecule has 0 aliphatic carbocycles. The predicted molar refractivity (Wildman–Crippen MR) is 62.9 cm³/mol. The van der Waals surface area contributed by atoms with Gasteiger partial charge in [0.25, 0.3) is 0 Å². The van der Waals surface area contributed by atoms with E-state index in [9.17, 15) is 8.76 Å². The van der Waals surface area contributed by atoms with Crippen molar-refractivity contribution in [1.82, 2.24) is 4.98 Å². The Hall–Kier alpha value is 0.310. The molecular weight excluding hydrogens is 267 g/mol. The van der Waals surface area contributed by atoms with E-state index in [-0.39, 0.29) is 29.6 Å². The van der Waals surface area contributed by atoms with Crippen LogP contribution in [-0.2, 0) is 11.3 Å². The number of hydrogen-bond acceptors (Lipinski definition) is 4. The number of fused-ring (bicyclic) bond motifs is 1. The topological polar surface area (TPSA) is 65.0 Å². The van der Waals surface area contributed by atoms with Gasteiger partial charge < -0.3 is 4.55 Å². The first-order valence-corrected chi connectivity index (χ1v) is 5.85. The molecule has 1 heterocycles. The molecule has 0 saturated carbocycles. The minimum absolute atomic E-state index is 0. The fourth-order valence-electron chi connectivity index (χ4n) is 1.03. The van der Waals surface area contributed by atoms with Gasteiger partial charge in [0.2, 0.25) is 0 Å². The van der Waals surface area contributed by atoms with E-state index in [1.54, 1.807) is 12.1 Å². The number of thiazole rings is 1. The van der Waals surface area contributed by atoms with Gasteiger partial charge in [0.15, 0.2) is 5.13 Å². The molecule has 0 aliphatic rings. The van der Waals surface area contributed by atoms with Crippen LogP contribution in [0, 0.1) is 0 Å². The molecule has 1 N–H and O–H groups in total. The number of anilines is 1. The molecule has 0 spiro atoms. The summed E-state index contributed by atoms with van der Waals surface area (Å²) in [6, 6.07) is 5.33. The maximum atomic E-state index is 10.4. The Morgan fingerprint density at radius 3 is 2.87 bits per heavy atom. The largest absolute Gasteiger partial charge is 0.755 e. The van der Waals surface area contributed by atoms with Crippen LogP contribution < -0.4 is 4.72 Å². The molecule has 0 amide bonds. The van der Waals surface area contributed by atoms with Crippen molar-refractivity contribution in [3.05, 3.63) is 23.2 Å². The quantitative estimate of drug-likeness (QED) is 0.668. The van der Waals surface area contributed by atoms with Crippen LogP contribution in [0.3, 0.4) is 0 Å². The van der Waals surface area contributed by atoms with Crippen molar-refractivity contribution in [3.8, 4) is 0 Å². The van der Waals surface area contributed by atoms with Crippen LogP contribution in [-0.4, -0.2) is 43.3 Å². The van der Waals surface area contributed by atoms with E-state index < -0.39 is 11.3 Å². The Bertz CT molecular complexity index is 505. The molecule has 75 valence electrons. The van der Waals surface area contributed by atoms with Crippen molar-refractivity contribution in [3.63, 3.8) is 0 Å². The summed E-state index contributed by atoms with van der Waals surface area (Å²) in [5, 5.41) is 0.838. The van der Waals surface area contributed by atoms with E-state index in [1.807, 2.05) is 6.07 Å². The Labute approximate surface area is 120 Å². The predicted octanol–water partition coefficient (Wildman–Crippen LogP) is 1.77. The summed E-state index contributed by atoms with van der Waals surface area (Å²) in [5.74, 6) is 0. The van der Waals surface area contributed by atoms with Crippen molar-refractivity contribution >= 4 is 79.1 Å². The van der Waals surface area contributed by atoms with Gasteiger partial charge in [-0.15, -0.1) is 0 Å². The molecule has 1 radical (unpaired) electrons. The first kappa shape index (κ1) is 13.4. The molecule has 1 aromatic heterocycles. The smallest absolute Gasteiger partial charge is 0.194 e. The molecule has 8 heteroatoms. The van der Waals surface area contributed by atoms with Gasteiger partial charge in [0.05, 0.1) is 9.72 Å². The van der Waals surface area contributed by atoms with E-state index in [0.29, 0.717) is 15.7 Å². The van der Waals surface area contributed by atoms with Crippen molar-refractivity contribution in [2.24, 2.45) is 0 Å². The number of aromatic nitrogens is 1. The van der Waals surface area contributed by atoms with Crippen molar-refractivity contribution in [2.75, 3.05) is 4.72 Å². The molecule has 4 nitrogen and oxygen atoms in total. The summed E-state index contributed by atoms with van der Waals surface area (Å²) in [4.78, 5) is 4.03. The normalized spacial score (nSPS) is 12.1. The third-order valence-electron chi connectivity index (χ3n) is 1.54. The fourth-order valence-corrected chi connectivity index (χ4v) is 2.61. The Balaban J connectivity index is 0.00000112. The number of nitrogens with one attached hydrogen (secondary N) is 1. The first-order chi connectivity index (χ1) is 6.66. The van der Waals surface area contributed by atoms with Crippen LogP contribution in [0.1, 0.15) is 0 Å². The first-order valence-electron chi connectivity index (χ1n) is 3.58. The van der Waals surface area contributed by atoms with Crippen LogP contribution in [0.15, 0.2) is 18.2 Å². The molecule has 2 aromatic rings. The molecule has 1 unspecified atom stereocenters. The maximum absolute atomic E-state index is 10.4. The SMILES string of the molecule is O=S([O-])Nc1nc2c(Cl)cccc2s1.[Na]. The van der Waals surface area contributed by atoms with Gasteiger partial charge in [0, 0.05) is 40.8 Å². The Morgan fingerprint density at radius 2 is 2.27 bits per heavy atom. The Kier molecular flexibility index (Phi) is 4.98. The number of halogens is 1. The van der Waals surface area contributed by atoms with Gasteiger partial charge in [-0.1, -0.05) is 29.0 Å². The van der Waals surface area contributed by atoms with E-state index in [0.717, 1.165) is 4.70 Å². The summed E-state index contributed by atoms with van der Waals surface area (Å²) in [6.07, 6.45) is 0. The zero-order valence-electron chi connectivity index (χ0n) is 7.69. The average Bonchev–Trinajstić information content (AvgIpc) is 2.47. The van der Waals surface area contributed by atoms with Gasteiger partial charge in [-0.3, -0.25) is 8.93 Å². The average molecular weight is 271 g/mol. The molecule has 15 heavy (non-hydrogen) atoms. The van der Waals surface area contributed by atoms with Gasteiger partial charge in [-0.2, -0.15) is 0 Å². The zero-order chi connectivity index (χ0) is 10.1. The molecule has 0 saturated heterocycles. The second kappa shape index (κ2) is 5.58. The van der Waals surface area contributed by atoms with Crippen molar-refractivity contribution < 1.29 is 8.76 Å². The molecule has 1 atom stereocenters. The number of rotatable bonds is 2. The van der Waals surface area contributed by atoms with Crippen LogP contribution >= 0.6 is 22.9 Å². The number of benzene rings is 1. The molecule has 0 fully saturated rings. The van der Waals surface area contributed by atoms with Crippen LogP contribution in [0.5, 0.6) is 0 Å². The molecular formula is C7H4ClN2NaO2S2-. The van der Waals surface area contributed by atoms with E-state index in [2.05, 4.69) is 9.71 Å². The van der Waals surface area contributed by atoms with Crippen LogP contribution in [0.25, 0.3) is 10.2 Å². The molecule has 0 bridgehead atoms. The minimum Gasteiger partial charge on any atom is -0.755 e. The molecule has 2 rings (SSSR count). The number of hydrogen-bond donors (Lipinski definition) is 1. The summed E-state index contributed by atoms with van der Waals surface area (Å²) in [5.41, 5.74) is 0.618. The van der Waals surface area contributed by atoms with Crippen molar-refractivity contribution in [2.45, 2.75) is 0 Å². The third kappa shape index (κ3) is 3.13.